The molecule has 4 rings (SSSR count). The van der Waals surface area contributed by atoms with Crippen LogP contribution in [0.1, 0.15) is 146 Å². The van der Waals surface area contributed by atoms with E-state index in [1.165, 1.54) is 0 Å². The van der Waals surface area contributed by atoms with Crippen LogP contribution in [0.5, 0.6) is 0 Å². The molecular weight excluding hydrogens is 768 g/mol. The van der Waals surface area contributed by atoms with Crippen LogP contribution in [-0.2, 0) is 62.0 Å². The highest BCUT2D eigenvalue weighted by Crippen LogP contribution is 2.69. The molecule has 334 valence electrons. The summed E-state index contributed by atoms with van der Waals surface area (Å²) in [5, 5.41) is 21.5. The Morgan fingerprint density at radius 3 is 1.71 bits per heavy atom. The van der Waals surface area contributed by atoms with Gasteiger partial charge in [0.25, 0.3) is 0 Å². The van der Waals surface area contributed by atoms with Crippen molar-refractivity contribution in [2.24, 2.45) is 46.3 Å². The highest BCUT2D eigenvalue weighted by molar-refractivity contribution is 5.81. The highest BCUT2D eigenvalue weighted by atomic mass is 16.6. The zero-order valence-corrected chi connectivity index (χ0v) is 36.5. The molecule has 2 N–H and O–H groups in total. The van der Waals surface area contributed by atoms with Gasteiger partial charge in [-0.3, -0.25) is 24.0 Å². The first-order chi connectivity index (χ1) is 27.3. The molecule has 11 unspecified atom stereocenters. The van der Waals surface area contributed by atoms with Gasteiger partial charge in [0.15, 0.2) is 13.2 Å². The number of carbonyl (C=O) groups is 7. The summed E-state index contributed by atoms with van der Waals surface area (Å²) in [6.07, 6.45) is 2.19. The molecule has 0 bridgehead atoms. The molecule has 4 fully saturated rings. The van der Waals surface area contributed by atoms with Gasteiger partial charge in [-0.2, -0.15) is 0 Å². The minimum Gasteiger partial charge on any atom is -0.481 e. The van der Waals surface area contributed by atoms with Crippen molar-refractivity contribution in [3.8, 4) is 0 Å². The van der Waals surface area contributed by atoms with Crippen molar-refractivity contribution in [2.45, 2.75) is 175 Å². The number of aliphatic carboxylic acids is 1. The van der Waals surface area contributed by atoms with Gasteiger partial charge in [-0.15, -0.1) is 0 Å². The van der Waals surface area contributed by atoms with Gasteiger partial charge in [-0.25, -0.2) is 9.59 Å². The molecule has 0 aromatic carbocycles. The summed E-state index contributed by atoms with van der Waals surface area (Å²) in [4.78, 5) is 86.7. The lowest BCUT2D eigenvalue weighted by Gasteiger charge is -2.64. The molecule has 0 heterocycles. The van der Waals surface area contributed by atoms with Crippen LogP contribution >= 0.6 is 0 Å². The van der Waals surface area contributed by atoms with Crippen molar-refractivity contribution >= 4 is 41.8 Å². The number of carboxylic acids is 1. The molecular formula is C44H68O15. The first-order valence-corrected chi connectivity index (χ1v) is 21.4. The summed E-state index contributed by atoms with van der Waals surface area (Å²) in [7, 11) is 0. The molecule has 0 amide bonds. The molecule has 0 radical (unpaired) electrons. The van der Waals surface area contributed by atoms with Crippen molar-refractivity contribution in [3.05, 3.63) is 0 Å². The number of esters is 6. The smallest absolute Gasteiger partial charge is 0.344 e. The van der Waals surface area contributed by atoms with Crippen LogP contribution in [0.2, 0.25) is 0 Å². The van der Waals surface area contributed by atoms with Crippen molar-refractivity contribution in [2.75, 3.05) is 13.2 Å². The summed E-state index contributed by atoms with van der Waals surface area (Å²) >= 11 is 0. The lowest BCUT2D eigenvalue weighted by atomic mass is 9.43. The van der Waals surface area contributed by atoms with Crippen molar-refractivity contribution in [3.63, 3.8) is 0 Å². The second-order valence-corrected chi connectivity index (χ2v) is 19.8. The first-order valence-electron chi connectivity index (χ1n) is 21.4. The topological polar surface area (TPSA) is 215 Å². The van der Waals surface area contributed by atoms with Gasteiger partial charge in [0.2, 0.25) is 0 Å². The molecule has 59 heavy (non-hydrogen) atoms. The number of aliphatic hydroxyl groups is 1. The highest BCUT2D eigenvalue weighted by Gasteiger charge is 2.66. The Balaban J connectivity index is 1.45. The van der Waals surface area contributed by atoms with E-state index in [-0.39, 0.29) is 73.0 Å². The Labute approximate surface area is 348 Å². The Bertz CT molecular complexity index is 1560. The Morgan fingerprint density at radius 2 is 1.19 bits per heavy atom. The number of rotatable bonds is 16. The number of carboxylic acid groups (broad SMARTS) is 1. The number of hydrogen-bond acceptors (Lipinski definition) is 14. The zero-order valence-electron chi connectivity index (χ0n) is 36.5. The van der Waals surface area contributed by atoms with Gasteiger partial charge in [-0.05, 0) is 133 Å². The van der Waals surface area contributed by atoms with Crippen LogP contribution < -0.4 is 0 Å². The maximum absolute atomic E-state index is 13.5. The van der Waals surface area contributed by atoms with Gasteiger partial charge >= 0.3 is 41.8 Å². The van der Waals surface area contributed by atoms with E-state index in [9.17, 15) is 43.8 Å². The van der Waals surface area contributed by atoms with E-state index >= 15 is 0 Å². The van der Waals surface area contributed by atoms with E-state index < -0.39 is 89.9 Å². The maximum atomic E-state index is 13.5. The number of aliphatic hydroxyl groups excluding tert-OH is 1. The van der Waals surface area contributed by atoms with Crippen LogP contribution in [0.15, 0.2) is 0 Å². The number of fused-ring (bicyclic) bond motifs is 5. The quantitative estimate of drug-likeness (QED) is 0.137. The minimum absolute atomic E-state index is 0.00600. The number of hydrogen-bond donors (Lipinski definition) is 2. The second kappa shape index (κ2) is 19.3. The molecule has 0 aliphatic heterocycles. The zero-order chi connectivity index (χ0) is 44.1. The fraction of sp³-hybridized carbons (Fsp3) is 0.841. The van der Waals surface area contributed by atoms with Crippen LogP contribution in [0, 0.1) is 46.3 Å². The summed E-state index contributed by atoms with van der Waals surface area (Å²) in [6, 6.07) is 0. The van der Waals surface area contributed by atoms with E-state index in [1.807, 2.05) is 0 Å². The van der Waals surface area contributed by atoms with E-state index in [2.05, 4.69) is 20.8 Å². The second-order valence-electron chi connectivity index (χ2n) is 19.8. The third-order valence-electron chi connectivity index (χ3n) is 13.5. The lowest BCUT2D eigenvalue weighted by molar-refractivity contribution is -0.219. The summed E-state index contributed by atoms with van der Waals surface area (Å²) in [6.45, 7) is 15.5. The van der Waals surface area contributed by atoms with Crippen molar-refractivity contribution in [1.82, 2.24) is 0 Å². The van der Waals surface area contributed by atoms with Gasteiger partial charge in [0.1, 0.15) is 23.4 Å². The molecule has 4 aliphatic rings. The first kappa shape index (κ1) is 47.9. The minimum atomic E-state index is -0.855. The molecule has 0 aromatic rings. The standard InChI is InChI=1S/C44H68O15/c1-25(10-13-33(46)47)28-11-12-29-40-30(22-32(45)44(28,29)9)43(8)19-18-27(56-36(50)16-14-34(48)54-23-38(52)58-41(2,3)4)20-26(43)21-31(40)57-37(51)17-15-35(49)55-24-39(53)59-42(5,6)7/h25-32,40,45H,10-24H2,1-9H3,(H,46,47). The fourth-order valence-electron chi connectivity index (χ4n) is 10.9. The SMILES string of the molecule is CC(CCC(=O)O)C1CCC2C3C(OC(=O)CCC(=O)OCC(=O)OC(C)(C)C)CC4CC(OC(=O)CCC(=O)OCC(=O)OC(C)(C)C)CCC4(C)C3CC(O)C12C. The average Bonchev–Trinajstić information content (AvgIpc) is 3.48. The third-order valence-corrected chi connectivity index (χ3v) is 13.5. The average molecular weight is 837 g/mol. The largest absolute Gasteiger partial charge is 0.481 e. The predicted octanol–water partition coefficient (Wildman–Crippen LogP) is 5.88. The summed E-state index contributed by atoms with van der Waals surface area (Å²) in [5.74, 6) is -4.91. The molecule has 4 aliphatic carbocycles. The van der Waals surface area contributed by atoms with Crippen LogP contribution in [0.3, 0.4) is 0 Å². The van der Waals surface area contributed by atoms with E-state index in [0.29, 0.717) is 38.5 Å². The van der Waals surface area contributed by atoms with Crippen molar-refractivity contribution < 1.29 is 72.2 Å². The van der Waals surface area contributed by atoms with Crippen LogP contribution in [0.25, 0.3) is 0 Å². The number of ether oxygens (including phenoxy) is 6. The number of carbonyl (C=O) groups excluding carboxylic acids is 6. The van der Waals surface area contributed by atoms with Gasteiger partial charge in [0.05, 0.1) is 31.8 Å². The van der Waals surface area contributed by atoms with Gasteiger partial charge in [0, 0.05) is 12.3 Å². The summed E-state index contributed by atoms with van der Waals surface area (Å²) in [5.41, 5.74) is -2.28. The van der Waals surface area contributed by atoms with E-state index in [1.54, 1.807) is 41.5 Å². The normalized spacial score (nSPS) is 31.9. The summed E-state index contributed by atoms with van der Waals surface area (Å²) < 4.78 is 32.5. The van der Waals surface area contributed by atoms with E-state index in [4.69, 9.17) is 28.4 Å². The maximum Gasteiger partial charge on any atom is 0.344 e. The van der Waals surface area contributed by atoms with Crippen LogP contribution in [0.4, 0.5) is 0 Å². The molecule has 4 saturated carbocycles. The fourth-order valence-corrected chi connectivity index (χ4v) is 10.9. The molecule has 0 spiro atoms. The predicted molar refractivity (Wildman–Crippen MR) is 210 cm³/mol. The van der Waals surface area contributed by atoms with Crippen molar-refractivity contribution in [1.29, 1.82) is 0 Å². The molecule has 0 aromatic heterocycles. The Kier molecular flexibility index (Phi) is 15.7. The molecule has 0 saturated heterocycles. The third kappa shape index (κ3) is 12.6. The van der Waals surface area contributed by atoms with Gasteiger partial charge < -0.3 is 38.6 Å². The Hall–Kier alpha value is -3.75. The Morgan fingerprint density at radius 1 is 0.661 bits per heavy atom. The molecule has 15 heteroatoms. The van der Waals surface area contributed by atoms with Gasteiger partial charge in [-0.1, -0.05) is 20.8 Å². The molecule has 11 atom stereocenters. The van der Waals surface area contributed by atoms with Crippen LogP contribution in [-0.4, -0.2) is 94.7 Å². The molecule has 15 nitrogen and oxygen atoms in total. The monoisotopic (exact) mass is 836 g/mol. The lowest BCUT2D eigenvalue weighted by Crippen LogP contribution is -2.63. The van der Waals surface area contributed by atoms with E-state index in [0.717, 1.165) is 12.8 Å².